The number of pyridine rings is 1. The van der Waals surface area contributed by atoms with Gasteiger partial charge in [-0.2, -0.15) is 0 Å². The Morgan fingerprint density at radius 1 is 1.40 bits per heavy atom. The molecular weight excluding hydrogens is 250 g/mol. The Bertz CT molecular complexity index is 599. The highest BCUT2D eigenvalue weighted by Gasteiger charge is 2.26. The number of benzene rings is 1. The van der Waals surface area contributed by atoms with Gasteiger partial charge in [-0.3, -0.25) is 4.98 Å². The molecule has 0 radical (unpaired) electrons. The van der Waals surface area contributed by atoms with Crippen LogP contribution in [0.1, 0.15) is 19.8 Å². The van der Waals surface area contributed by atoms with Crippen LogP contribution in [0.3, 0.4) is 0 Å². The van der Waals surface area contributed by atoms with E-state index in [9.17, 15) is 0 Å². The fourth-order valence-corrected chi connectivity index (χ4v) is 2.97. The third-order valence-electron chi connectivity index (χ3n) is 4.17. The summed E-state index contributed by atoms with van der Waals surface area (Å²) < 4.78 is 5.72. The van der Waals surface area contributed by atoms with Crippen molar-refractivity contribution in [2.24, 2.45) is 5.92 Å². The lowest BCUT2D eigenvalue weighted by Crippen LogP contribution is -2.23. The van der Waals surface area contributed by atoms with Gasteiger partial charge in [-0.25, -0.2) is 0 Å². The van der Waals surface area contributed by atoms with Crippen LogP contribution in [0.25, 0.3) is 10.8 Å². The molecule has 3 rings (SSSR count). The summed E-state index contributed by atoms with van der Waals surface area (Å²) >= 11 is 0. The van der Waals surface area contributed by atoms with Crippen LogP contribution >= 0.6 is 0 Å². The van der Waals surface area contributed by atoms with E-state index in [0.29, 0.717) is 12.0 Å². The van der Waals surface area contributed by atoms with E-state index < -0.39 is 0 Å². The Labute approximate surface area is 119 Å². The summed E-state index contributed by atoms with van der Waals surface area (Å²) in [6.45, 7) is 3.98. The van der Waals surface area contributed by atoms with Crippen LogP contribution in [-0.4, -0.2) is 24.2 Å². The van der Waals surface area contributed by atoms with Gasteiger partial charge in [0.05, 0.1) is 17.5 Å². The Morgan fingerprint density at radius 3 is 3.15 bits per heavy atom. The summed E-state index contributed by atoms with van der Waals surface area (Å²) in [6.07, 6.45) is 6.20. The molecule has 106 valence electrons. The average Bonchev–Trinajstić information content (AvgIpc) is 2.94. The Hall–Kier alpha value is -1.81. The van der Waals surface area contributed by atoms with Crippen LogP contribution in [0.2, 0.25) is 0 Å². The zero-order chi connectivity index (χ0) is 13.9. The molecule has 4 heteroatoms. The van der Waals surface area contributed by atoms with Crippen LogP contribution in [0.15, 0.2) is 30.6 Å². The normalized spacial score (nSPS) is 22.2. The molecule has 1 aromatic carbocycles. The smallest absolute Gasteiger partial charge is 0.0630 e. The van der Waals surface area contributed by atoms with E-state index in [1.807, 2.05) is 18.3 Å². The Balaban J connectivity index is 1.76. The van der Waals surface area contributed by atoms with Crippen LogP contribution in [0, 0.1) is 5.92 Å². The molecule has 2 unspecified atom stereocenters. The molecule has 0 amide bonds. The van der Waals surface area contributed by atoms with Gasteiger partial charge in [0.2, 0.25) is 0 Å². The number of nitrogens with zero attached hydrogens (tertiary/aromatic N) is 1. The van der Waals surface area contributed by atoms with Crippen molar-refractivity contribution in [3.8, 4) is 0 Å². The van der Waals surface area contributed by atoms with Crippen molar-refractivity contribution in [2.45, 2.75) is 25.9 Å². The lowest BCUT2D eigenvalue weighted by Gasteiger charge is -2.19. The number of nitrogens with two attached hydrogens (primary N) is 1. The van der Waals surface area contributed by atoms with E-state index in [1.165, 1.54) is 0 Å². The fourth-order valence-electron chi connectivity index (χ4n) is 2.97. The van der Waals surface area contributed by atoms with E-state index in [-0.39, 0.29) is 0 Å². The summed E-state index contributed by atoms with van der Waals surface area (Å²) in [7, 11) is 0. The second kappa shape index (κ2) is 5.67. The van der Waals surface area contributed by atoms with Gasteiger partial charge in [0.1, 0.15) is 0 Å². The van der Waals surface area contributed by atoms with Gasteiger partial charge >= 0.3 is 0 Å². The molecule has 20 heavy (non-hydrogen) atoms. The summed E-state index contributed by atoms with van der Waals surface area (Å²) in [6, 6.07) is 6.06. The maximum atomic E-state index is 6.25. The van der Waals surface area contributed by atoms with Gasteiger partial charge in [-0.15, -0.1) is 0 Å². The lowest BCUT2D eigenvalue weighted by atomic mass is 9.99. The molecule has 2 heterocycles. The number of nitrogen functional groups attached to an aromatic ring is 1. The number of aromatic nitrogens is 1. The van der Waals surface area contributed by atoms with Crippen LogP contribution in [-0.2, 0) is 4.74 Å². The minimum absolute atomic E-state index is 0.383. The third-order valence-corrected chi connectivity index (χ3v) is 4.17. The first-order chi connectivity index (χ1) is 9.79. The van der Waals surface area contributed by atoms with Crippen molar-refractivity contribution in [3.05, 3.63) is 30.6 Å². The quantitative estimate of drug-likeness (QED) is 0.839. The number of hydrogen-bond acceptors (Lipinski definition) is 4. The maximum Gasteiger partial charge on any atom is 0.0630 e. The third kappa shape index (κ3) is 2.43. The molecule has 4 nitrogen and oxygen atoms in total. The summed E-state index contributed by atoms with van der Waals surface area (Å²) in [5, 5.41) is 5.62. The second-order valence-corrected chi connectivity index (χ2v) is 5.37. The van der Waals surface area contributed by atoms with E-state index in [2.05, 4.69) is 23.3 Å². The number of fused-ring (bicyclic) bond motifs is 1. The molecule has 1 fully saturated rings. The lowest BCUT2D eigenvalue weighted by molar-refractivity contribution is 0.0900. The van der Waals surface area contributed by atoms with Gasteiger partial charge in [-0.05, 0) is 25.0 Å². The minimum atomic E-state index is 0.383. The van der Waals surface area contributed by atoms with E-state index >= 15 is 0 Å². The topological polar surface area (TPSA) is 60.2 Å². The van der Waals surface area contributed by atoms with Gasteiger partial charge in [0.15, 0.2) is 0 Å². The van der Waals surface area contributed by atoms with Gasteiger partial charge in [-0.1, -0.05) is 13.0 Å². The highest BCUT2D eigenvalue weighted by Crippen LogP contribution is 2.29. The molecule has 0 saturated carbocycles. The standard InChI is InChI=1S/C16H21N3O/c1-2-15-12(6-8-20-15)10-19-14-4-3-11-9-18-7-5-13(11)16(14)17/h3-5,7,9,12,15,19H,2,6,8,10,17H2,1H3. The summed E-state index contributed by atoms with van der Waals surface area (Å²) in [5.74, 6) is 0.576. The minimum Gasteiger partial charge on any atom is -0.397 e. The van der Waals surface area contributed by atoms with Crippen molar-refractivity contribution in [1.82, 2.24) is 4.98 Å². The zero-order valence-corrected chi connectivity index (χ0v) is 11.8. The van der Waals surface area contributed by atoms with Crippen molar-refractivity contribution in [1.29, 1.82) is 0 Å². The monoisotopic (exact) mass is 271 g/mol. The molecule has 3 N–H and O–H groups in total. The van der Waals surface area contributed by atoms with Crippen LogP contribution in [0.5, 0.6) is 0 Å². The van der Waals surface area contributed by atoms with E-state index in [1.54, 1.807) is 6.20 Å². The first-order valence-corrected chi connectivity index (χ1v) is 7.27. The first-order valence-electron chi connectivity index (χ1n) is 7.27. The molecule has 0 bridgehead atoms. The highest BCUT2D eigenvalue weighted by atomic mass is 16.5. The van der Waals surface area contributed by atoms with E-state index in [4.69, 9.17) is 10.5 Å². The first kappa shape index (κ1) is 13.2. The van der Waals surface area contributed by atoms with Crippen LogP contribution < -0.4 is 11.1 Å². The van der Waals surface area contributed by atoms with Gasteiger partial charge in [0, 0.05) is 42.2 Å². The van der Waals surface area contributed by atoms with Crippen molar-refractivity contribution in [2.75, 3.05) is 24.2 Å². The number of rotatable bonds is 4. The van der Waals surface area contributed by atoms with Gasteiger partial charge in [0.25, 0.3) is 0 Å². The molecule has 1 aliphatic heterocycles. The molecule has 0 spiro atoms. The maximum absolute atomic E-state index is 6.25. The SMILES string of the molecule is CCC1OCCC1CNc1ccc2cnccc2c1N. The number of nitrogens with one attached hydrogen (secondary N) is 1. The Kier molecular flexibility index (Phi) is 3.74. The Morgan fingerprint density at radius 2 is 2.30 bits per heavy atom. The van der Waals surface area contributed by atoms with Crippen molar-refractivity contribution < 1.29 is 4.74 Å². The van der Waals surface area contributed by atoms with Gasteiger partial charge < -0.3 is 15.8 Å². The number of ether oxygens (including phenoxy) is 1. The molecule has 1 aliphatic rings. The molecule has 1 saturated heterocycles. The number of anilines is 2. The predicted octanol–water partition coefficient (Wildman–Crippen LogP) is 3.04. The zero-order valence-electron chi connectivity index (χ0n) is 11.8. The largest absolute Gasteiger partial charge is 0.397 e. The number of hydrogen-bond donors (Lipinski definition) is 2. The average molecular weight is 271 g/mol. The fraction of sp³-hybridized carbons (Fsp3) is 0.438. The molecule has 1 aromatic heterocycles. The predicted molar refractivity (Wildman–Crippen MR) is 82.8 cm³/mol. The highest BCUT2D eigenvalue weighted by molar-refractivity contribution is 5.98. The second-order valence-electron chi connectivity index (χ2n) is 5.37. The molecule has 2 aromatic rings. The molecular formula is C16H21N3O. The summed E-state index contributed by atoms with van der Waals surface area (Å²) in [4.78, 5) is 4.12. The molecule has 2 atom stereocenters. The van der Waals surface area contributed by atoms with Crippen molar-refractivity contribution >= 4 is 22.1 Å². The van der Waals surface area contributed by atoms with Crippen LogP contribution in [0.4, 0.5) is 11.4 Å². The van der Waals surface area contributed by atoms with E-state index in [0.717, 1.165) is 48.1 Å². The van der Waals surface area contributed by atoms with Crippen molar-refractivity contribution in [3.63, 3.8) is 0 Å². The molecule has 0 aliphatic carbocycles. The summed E-state index contributed by atoms with van der Waals surface area (Å²) in [5.41, 5.74) is 8.06.